The second kappa shape index (κ2) is 8.81. The Labute approximate surface area is 206 Å². The van der Waals surface area contributed by atoms with Crippen LogP contribution in [0.25, 0.3) is 16.7 Å². The number of hydrogen-bond acceptors (Lipinski definition) is 5. The Balaban J connectivity index is 1.76. The van der Waals surface area contributed by atoms with E-state index >= 15 is 0 Å². The van der Waals surface area contributed by atoms with Crippen LogP contribution in [0.4, 0.5) is 11.4 Å². The maximum Gasteiger partial charge on any atom is 0.300 e. The molecule has 1 unspecified atom stereocenters. The maximum absolute atomic E-state index is 13.4. The molecule has 8 nitrogen and oxygen atoms in total. The predicted octanol–water partition coefficient (Wildman–Crippen LogP) is 5.57. The molecule has 8 heteroatoms. The summed E-state index contributed by atoms with van der Waals surface area (Å²) in [5.74, 6) is -1.96. The first kappa shape index (κ1) is 23.0. The molecule has 3 aromatic carbocycles. The molecule has 1 aliphatic rings. The molecular formula is C28H23N3O5. The van der Waals surface area contributed by atoms with Crippen LogP contribution >= 0.6 is 0 Å². The predicted molar refractivity (Wildman–Crippen MR) is 137 cm³/mol. The number of para-hydroxylation sites is 1. The van der Waals surface area contributed by atoms with E-state index in [0.717, 1.165) is 28.6 Å². The van der Waals surface area contributed by atoms with E-state index in [-0.39, 0.29) is 22.6 Å². The topological polar surface area (TPSA) is 117 Å². The second-order valence-electron chi connectivity index (χ2n) is 8.70. The van der Waals surface area contributed by atoms with E-state index in [1.165, 1.54) is 29.2 Å². The van der Waals surface area contributed by atoms with Gasteiger partial charge in [0.25, 0.3) is 17.4 Å². The average Bonchev–Trinajstić information content (AvgIpc) is 3.35. The van der Waals surface area contributed by atoms with E-state index in [9.17, 15) is 24.8 Å². The van der Waals surface area contributed by atoms with E-state index in [1.807, 2.05) is 50.2 Å². The third kappa shape index (κ3) is 3.63. The van der Waals surface area contributed by atoms with E-state index in [1.54, 1.807) is 12.1 Å². The van der Waals surface area contributed by atoms with Gasteiger partial charge in [-0.15, -0.1) is 0 Å². The van der Waals surface area contributed by atoms with Crippen molar-refractivity contribution in [1.82, 2.24) is 4.98 Å². The lowest BCUT2D eigenvalue weighted by Gasteiger charge is -2.26. The number of rotatable bonds is 5. The lowest BCUT2D eigenvalue weighted by atomic mass is 9.93. The van der Waals surface area contributed by atoms with E-state index < -0.39 is 22.7 Å². The van der Waals surface area contributed by atoms with Gasteiger partial charge in [-0.05, 0) is 49.2 Å². The van der Waals surface area contributed by atoms with Crippen LogP contribution in [0, 0.1) is 17.0 Å². The molecule has 0 bridgehead atoms. The molecule has 36 heavy (non-hydrogen) atoms. The second-order valence-corrected chi connectivity index (χ2v) is 8.70. The van der Waals surface area contributed by atoms with Crippen LogP contribution in [0.1, 0.15) is 35.3 Å². The van der Waals surface area contributed by atoms with Crippen molar-refractivity contribution in [1.29, 1.82) is 0 Å². The minimum Gasteiger partial charge on any atom is -0.507 e. The first-order valence-corrected chi connectivity index (χ1v) is 11.5. The maximum atomic E-state index is 13.4. The number of H-pyrrole nitrogens is 1. The quantitative estimate of drug-likeness (QED) is 0.127. The number of benzene rings is 3. The van der Waals surface area contributed by atoms with Crippen molar-refractivity contribution in [3.05, 3.63) is 111 Å². The Morgan fingerprint density at radius 3 is 2.33 bits per heavy atom. The third-order valence-electron chi connectivity index (χ3n) is 6.64. The fourth-order valence-corrected chi connectivity index (χ4v) is 4.81. The number of nitrogens with one attached hydrogen (secondary N) is 1. The van der Waals surface area contributed by atoms with Crippen molar-refractivity contribution >= 4 is 39.7 Å². The Hall–Kier alpha value is -4.72. The molecule has 5 rings (SSSR count). The SMILES string of the molecule is CCc1ccc(N2C(=O)C(=O)/C(=C(/O)c3ccc([N+](=O)[O-])cc3)C2c2c(C)[nH]c3ccccc23)cc1. The van der Waals surface area contributed by atoms with Crippen LogP contribution in [0.15, 0.2) is 78.4 Å². The number of nitro groups is 1. The number of amides is 1. The first-order valence-electron chi connectivity index (χ1n) is 11.5. The van der Waals surface area contributed by atoms with Crippen LogP contribution in [0.5, 0.6) is 0 Å². The molecule has 0 aliphatic carbocycles. The van der Waals surface area contributed by atoms with Crippen LogP contribution in [0.2, 0.25) is 0 Å². The molecule has 1 aromatic heterocycles. The van der Waals surface area contributed by atoms with Crippen molar-refractivity contribution in [3.63, 3.8) is 0 Å². The van der Waals surface area contributed by atoms with Gasteiger partial charge >= 0.3 is 0 Å². The fraction of sp³-hybridized carbons (Fsp3) is 0.143. The van der Waals surface area contributed by atoms with E-state index in [4.69, 9.17) is 0 Å². The Morgan fingerprint density at radius 2 is 1.69 bits per heavy atom. The van der Waals surface area contributed by atoms with Crippen LogP contribution in [-0.2, 0) is 16.0 Å². The largest absolute Gasteiger partial charge is 0.507 e. The van der Waals surface area contributed by atoms with Gasteiger partial charge in [0.2, 0.25) is 0 Å². The zero-order chi connectivity index (χ0) is 25.6. The fourth-order valence-electron chi connectivity index (χ4n) is 4.81. The molecule has 1 fully saturated rings. The summed E-state index contributed by atoms with van der Waals surface area (Å²) in [7, 11) is 0. The molecule has 1 amide bonds. The summed E-state index contributed by atoms with van der Waals surface area (Å²) < 4.78 is 0. The summed E-state index contributed by atoms with van der Waals surface area (Å²) in [5, 5.41) is 23.2. The number of nitro benzene ring substituents is 1. The zero-order valence-electron chi connectivity index (χ0n) is 19.7. The van der Waals surface area contributed by atoms with Crippen molar-refractivity contribution in [2.24, 2.45) is 0 Å². The van der Waals surface area contributed by atoms with Crippen molar-refractivity contribution in [2.45, 2.75) is 26.3 Å². The summed E-state index contributed by atoms with van der Waals surface area (Å²) >= 11 is 0. The van der Waals surface area contributed by atoms with Crippen molar-refractivity contribution < 1.29 is 19.6 Å². The van der Waals surface area contributed by atoms with Gasteiger partial charge in [-0.1, -0.05) is 37.3 Å². The standard InChI is InChI=1S/C28H23N3O5/c1-3-17-8-12-19(13-9-17)30-25(23-16(2)29-22-7-5-4-6-21(22)23)24(27(33)28(30)34)26(32)18-10-14-20(15-11-18)31(35)36/h4-15,25,29,32H,3H2,1-2H3/b26-24+. The van der Waals surface area contributed by atoms with E-state index in [2.05, 4.69) is 4.98 Å². The number of aromatic nitrogens is 1. The number of nitrogens with zero attached hydrogens (tertiary/aromatic N) is 2. The number of fused-ring (bicyclic) bond motifs is 1. The number of carbonyl (C=O) groups excluding carboxylic acids is 2. The van der Waals surface area contributed by atoms with Gasteiger partial charge in [0.05, 0.1) is 16.5 Å². The summed E-state index contributed by atoms with van der Waals surface area (Å²) in [6, 6.07) is 19.3. The van der Waals surface area contributed by atoms with Gasteiger partial charge < -0.3 is 10.1 Å². The lowest BCUT2D eigenvalue weighted by molar-refractivity contribution is -0.384. The highest BCUT2D eigenvalue weighted by molar-refractivity contribution is 6.52. The van der Waals surface area contributed by atoms with Crippen LogP contribution < -0.4 is 4.90 Å². The van der Waals surface area contributed by atoms with Gasteiger partial charge in [-0.25, -0.2) is 0 Å². The number of Topliss-reactive ketones (excluding diaryl/α,β-unsaturated/α-hetero) is 1. The summed E-state index contributed by atoms with van der Waals surface area (Å²) in [6.45, 7) is 3.89. The number of non-ortho nitro benzene ring substituents is 1. The summed E-state index contributed by atoms with van der Waals surface area (Å²) in [6.07, 6.45) is 0.824. The molecular weight excluding hydrogens is 458 g/mol. The monoisotopic (exact) mass is 481 g/mol. The average molecular weight is 482 g/mol. The highest BCUT2D eigenvalue weighted by Crippen LogP contribution is 2.45. The highest BCUT2D eigenvalue weighted by Gasteiger charge is 2.48. The minimum atomic E-state index is -0.899. The number of aliphatic hydroxyl groups excluding tert-OH is 1. The minimum absolute atomic E-state index is 0.0683. The summed E-state index contributed by atoms with van der Waals surface area (Å²) in [5.41, 5.74) is 3.91. The van der Waals surface area contributed by atoms with E-state index in [0.29, 0.717) is 11.3 Å². The molecule has 0 spiro atoms. The van der Waals surface area contributed by atoms with Crippen LogP contribution in [0.3, 0.4) is 0 Å². The number of aromatic amines is 1. The lowest BCUT2D eigenvalue weighted by Crippen LogP contribution is -2.29. The Kier molecular flexibility index (Phi) is 5.64. The normalized spacial score (nSPS) is 17.2. The molecule has 2 N–H and O–H groups in total. The van der Waals surface area contributed by atoms with Gasteiger partial charge in [0.1, 0.15) is 5.76 Å². The molecule has 2 heterocycles. The molecule has 4 aromatic rings. The van der Waals surface area contributed by atoms with Gasteiger partial charge in [-0.2, -0.15) is 0 Å². The van der Waals surface area contributed by atoms with Crippen molar-refractivity contribution in [3.8, 4) is 0 Å². The molecule has 1 aliphatic heterocycles. The smallest absolute Gasteiger partial charge is 0.300 e. The Morgan fingerprint density at radius 1 is 1.03 bits per heavy atom. The molecule has 0 radical (unpaired) electrons. The Bertz CT molecular complexity index is 1550. The molecule has 0 saturated carbocycles. The van der Waals surface area contributed by atoms with Gasteiger partial charge in [0, 0.05) is 45.5 Å². The number of carbonyl (C=O) groups is 2. The highest BCUT2D eigenvalue weighted by atomic mass is 16.6. The number of hydrogen-bond donors (Lipinski definition) is 2. The number of anilines is 1. The van der Waals surface area contributed by atoms with Gasteiger partial charge in [0.15, 0.2) is 0 Å². The third-order valence-corrected chi connectivity index (χ3v) is 6.64. The summed E-state index contributed by atoms with van der Waals surface area (Å²) in [4.78, 5) is 42.1. The van der Waals surface area contributed by atoms with Crippen molar-refractivity contribution in [2.75, 3.05) is 4.90 Å². The number of aliphatic hydroxyl groups is 1. The first-order chi connectivity index (χ1) is 17.3. The molecule has 1 saturated heterocycles. The molecule has 1 atom stereocenters. The zero-order valence-corrected chi connectivity index (χ0v) is 19.7. The number of aryl methyl sites for hydroxylation is 2. The molecule has 180 valence electrons. The van der Waals surface area contributed by atoms with Gasteiger partial charge in [-0.3, -0.25) is 24.6 Å². The number of ketones is 1. The van der Waals surface area contributed by atoms with Crippen LogP contribution in [-0.4, -0.2) is 26.7 Å².